The molecule has 0 fully saturated rings. The Labute approximate surface area is 116 Å². The van der Waals surface area contributed by atoms with Crippen LogP contribution >= 0.6 is 11.6 Å². The Morgan fingerprint density at radius 3 is 2.21 bits per heavy atom. The number of aliphatic hydroxyl groups is 1. The van der Waals surface area contributed by atoms with Crippen molar-refractivity contribution in [2.45, 2.75) is 18.9 Å². The monoisotopic (exact) mass is 278 g/mol. The molecule has 3 N–H and O–H groups in total. The number of hydrogen-bond acceptors (Lipinski definition) is 3. The van der Waals surface area contributed by atoms with Crippen LogP contribution in [0.5, 0.6) is 11.5 Å². The van der Waals surface area contributed by atoms with Crippen molar-refractivity contribution < 1.29 is 15.3 Å². The predicted molar refractivity (Wildman–Crippen MR) is 74.5 cm³/mol. The molecule has 0 aliphatic carbocycles. The van der Waals surface area contributed by atoms with Crippen LogP contribution in [0, 0.1) is 0 Å². The van der Waals surface area contributed by atoms with Crippen molar-refractivity contribution in [2.75, 3.05) is 0 Å². The van der Waals surface area contributed by atoms with E-state index in [2.05, 4.69) is 0 Å². The van der Waals surface area contributed by atoms with Gasteiger partial charge in [0.25, 0.3) is 0 Å². The van der Waals surface area contributed by atoms with Crippen LogP contribution in [-0.4, -0.2) is 15.3 Å². The number of phenols is 2. The molecule has 0 saturated heterocycles. The number of phenolic OH excluding ortho intramolecular Hbond substituents is 2. The number of hydrogen-bond donors (Lipinski definition) is 3. The first-order chi connectivity index (χ1) is 8.97. The Hall–Kier alpha value is -1.71. The van der Waals surface area contributed by atoms with Gasteiger partial charge in [-0.2, -0.15) is 0 Å². The zero-order chi connectivity index (χ0) is 14.0. The molecule has 4 heteroatoms. The molecule has 1 unspecified atom stereocenters. The third-order valence-electron chi connectivity index (χ3n) is 3.26. The summed E-state index contributed by atoms with van der Waals surface area (Å²) in [6, 6.07) is 11.0. The lowest BCUT2D eigenvalue weighted by Gasteiger charge is -2.28. The number of rotatable bonds is 3. The average molecular weight is 279 g/mol. The summed E-state index contributed by atoms with van der Waals surface area (Å²) >= 11 is 5.84. The number of aromatic hydroxyl groups is 2. The molecule has 100 valence electrons. The highest BCUT2D eigenvalue weighted by Gasteiger charge is 2.32. The number of halogens is 1. The van der Waals surface area contributed by atoms with Crippen molar-refractivity contribution >= 4 is 11.6 Å². The molecule has 0 spiro atoms. The predicted octanol–water partition coefficient (Wildman–Crippen LogP) is 3.40. The van der Waals surface area contributed by atoms with Crippen LogP contribution < -0.4 is 0 Å². The molecule has 0 aliphatic heterocycles. The first-order valence-corrected chi connectivity index (χ1v) is 6.36. The maximum atomic E-state index is 10.8. The minimum Gasteiger partial charge on any atom is -0.508 e. The highest BCUT2D eigenvalue weighted by Crippen LogP contribution is 2.39. The second kappa shape index (κ2) is 5.11. The second-order valence-electron chi connectivity index (χ2n) is 4.42. The molecule has 1 atom stereocenters. The van der Waals surface area contributed by atoms with Crippen LogP contribution in [0.3, 0.4) is 0 Å². The van der Waals surface area contributed by atoms with Crippen LogP contribution in [0.15, 0.2) is 42.5 Å². The minimum atomic E-state index is -1.32. The van der Waals surface area contributed by atoms with Gasteiger partial charge in [0.05, 0.1) is 0 Å². The zero-order valence-electron chi connectivity index (χ0n) is 10.5. The standard InChI is InChI=1S/C15H15ClO3/c1-2-15(19,10-3-5-11(16)6-4-10)13-8-7-12(17)9-14(13)18/h3-9,17-19H,2H2,1H3. The van der Waals surface area contributed by atoms with Crippen molar-refractivity contribution in [3.05, 3.63) is 58.6 Å². The van der Waals surface area contributed by atoms with E-state index in [-0.39, 0.29) is 11.5 Å². The van der Waals surface area contributed by atoms with Gasteiger partial charge in [-0.05, 0) is 36.2 Å². The summed E-state index contributed by atoms with van der Waals surface area (Å²) < 4.78 is 0. The molecule has 2 rings (SSSR count). The molecule has 0 heterocycles. The van der Waals surface area contributed by atoms with Gasteiger partial charge in [-0.3, -0.25) is 0 Å². The van der Waals surface area contributed by atoms with Gasteiger partial charge in [0.1, 0.15) is 17.1 Å². The van der Waals surface area contributed by atoms with E-state index in [1.807, 2.05) is 6.92 Å². The maximum Gasteiger partial charge on any atom is 0.125 e. The third kappa shape index (κ3) is 2.53. The fourth-order valence-electron chi connectivity index (χ4n) is 2.15. The van der Waals surface area contributed by atoms with E-state index in [0.29, 0.717) is 22.6 Å². The highest BCUT2D eigenvalue weighted by molar-refractivity contribution is 6.30. The smallest absolute Gasteiger partial charge is 0.125 e. The molecule has 0 bridgehead atoms. The van der Waals surface area contributed by atoms with Gasteiger partial charge >= 0.3 is 0 Å². The van der Waals surface area contributed by atoms with Gasteiger partial charge in [-0.25, -0.2) is 0 Å². The normalized spacial score (nSPS) is 14.1. The molecule has 0 radical (unpaired) electrons. The van der Waals surface area contributed by atoms with Crippen molar-refractivity contribution in [3.63, 3.8) is 0 Å². The van der Waals surface area contributed by atoms with E-state index in [4.69, 9.17) is 11.6 Å². The van der Waals surface area contributed by atoms with E-state index >= 15 is 0 Å². The SMILES string of the molecule is CCC(O)(c1ccc(Cl)cc1)c1ccc(O)cc1O. The van der Waals surface area contributed by atoms with Crippen molar-refractivity contribution in [1.29, 1.82) is 0 Å². The highest BCUT2D eigenvalue weighted by atomic mass is 35.5. The molecule has 0 saturated carbocycles. The average Bonchev–Trinajstić information content (AvgIpc) is 2.38. The van der Waals surface area contributed by atoms with Crippen molar-refractivity contribution in [3.8, 4) is 11.5 Å². The summed E-state index contributed by atoms with van der Waals surface area (Å²) in [4.78, 5) is 0. The lowest BCUT2D eigenvalue weighted by Crippen LogP contribution is -2.26. The summed E-state index contributed by atoms with van der Waals surface area (Å²) in [5, 5.41) is 30.7. The summed E-state index contributed by atoms with van der Waals surface area (Å²) in [5.41, 5.74) is -0.321. The summed E-state index contributed by atoms with van der Waals surface area (Å²) in [7, 11) is 0. The zero-order valence-corrected chi connectivity index (χ0v) is 11.2. The quantitative estimate of drug-likeness (QED) is 0.806. The van der Waals surface area contributed by atoms with Crippen LogP contribution in [0.4, 0.5) is 0 Å². The lowest BCUT2D eigenvalue weighted by molar-refractivity contribution is 0.0738. The van der Waals surface area contributed by atoms with Gasteiger partial charge in [-0.15, -0.1) is 0 Å². The molecular weight excluding hydrogens is 264 g/mol. The van der Waals surface area contributed by atoms with Crippen LogP contribution in [0.2, 0.25) is 5.02 Å². The van der Waals surface area contributed by atoms with Gasteiger partial charge in [0.2, 0.25) is 0 Å². The fourth-order valence-corrected chi connectivity index (χ4v) is 2.27. The Kier molecular flexibility index (Phi) is 3.69. The Morgan fingerprint density at radius 1 is 1.05 bits per heavy atom. The van der Waals surface area contributed by atoms with Gasteiger partial charge in [-0.1, -0.05) is 30.7 Å². The summed E-state index contributed by atoms with van der Waals surface area (Å²) in [6.45, 7) is 1.82. The van der Waals surface area contributed by atoms with Crippen LogP contribution in [0.1, 0.15) is 24.5 Å². The Bertz CT molecular complexity index is 580. The molecule has 19 heavy (non-hydrogen) atoms. The molecule has 0 aliphatic rings. The first kappa shape index (κ1) is 13.7. The van der Waals surface area contributed by atoms with E-state index in [9.17, 15) is 15.3 Å². The van der Waals surface area contributed by atoms with Gasteiger partial charge < -0.3 is 15.3 Å². The lowest BCUT2D eigenvalue weighted by atomic mass is 9.83. The molecular formula is C15H15ClO3. The van der Waals surface area contributed by atoms with Crippen molar-refractivity contribution in [2.24, 2.45) is 0 Å². The van der Waals surface area contributed by atoms with Crippen molar-refractivity contribution in [1.82, 2.24) is 0 Å². The molecule has 2 aromatic carbocycles. The molecule has 0 amide bonds. The second-order valence-corrected chi connectivity index (χ2v) is 4.86. The van der Waals surface area contributed by atoms with Crippen LogP contribution in [0.25, 0.3) is 0 Å². The van der Waals surface area contributed by atoms with E-state index in [1.165, 1.54) is 18.2 Å². The Morgan fingerprint density at radius 2 is 1.68 bits per heavy atom. The fraction of sp³-hybridized carbons (Fsp3) is 0.200. The van der Waals surface area contributed by atoms with Gasteiger partial charge in [0, 0.05) is 16.7 Å². The summed E-state index contributed by atoms with van der Waals surface area (Å²) in [5.74, 6) is -0.185. The molecule has 0 aromatic heterocycles. The summed E-state index contributed by atoms with van der Waals surface area (Å²) in [6.07, 6.45) is 0.382. The van der Waals surface area contributed by atoms with E-state index < -0.39 is 5.60 Å². The largest absolute Gasteiger partial charge is 0.508 e. The molecule has 2 aromatic rings. The maximum absolute atomic E-state index is 10.8. The first-order valence-electron chi connectivity index (χ1n) is 5.98. The Balaban J connectivity index is 2.56. The third-order valence-corrected chi connectivity index (χ3v) is 3.51. The minimum absolute atomic E-state index is 0.0455. The van der Waals surface area contributed by atoms with E-state index in [1.54, 1.807) is 24.3 Å². The van der Waals surface area contributed by atoms with Crippen LogP contribution in [-0.2, 0) is 5.60 Å². The van der Waals surface area contributed by atoms with Gasteiger partial charge in [0.15, 0.2) is 0 Å². The number of benzene rings is 2. The van der Waals surface area contributed by atoms with E-state index in [0.717, 1.165) is 0 Å². The molecule has 3 nitrogen and oxygen atoms in total. The topological polar surface area (TPSA) is 60.7 Å².